The third-order valence-electron chi connectivity index (χ3n) is 3.93. The number of benzene rings is 1. The van der Waals surface area contributed by atoms with Gasteiger partial charge in [-0.15, -0.1) is 0 Å². The lowest BCUT2D eigenvalue weighted by Crippen LogP contribution is -2.24. The van der Waals surface area contributed by atoms with E-state index in [4.69, 9.17) is 0 Å². The quantitative estimate of drug-likeness (QED) is 0.889. The first-order chi connectivity index (χ1) is 9.63. The molecule has 106 valence electrons. The summed E-state index contributed by atoms with van der Waals surface area (Å²) in [7, 11) is 0. The van der Waals surface area contributed by atoms with Crippen LogP contribution in [-0.2, 0) is 6.42 Å². The third-order valence-corrected chi connectivity index (χ3v) is 3.93. The molecule has 20 heavy (non-hydrogen) atoms. The molecular weight excluding hydrogens is 244 g/mol. The van der Waals surface area contributed by atoms with Gasteiger partial charge in [-0.2, -0.15) is 0 Å². The largest absolute Gasteiger partial charge is 0.310 e. The molecule has 1 heterocycles. The maximum atomic E-state index is 4.43. The van der Waals surface area contributed by atoms with Crippen molar-refractivity contribution in [1.29, 1.82) is 0 Å². The highest BCUT2D eigenvalue weighted by Crippen LogP contribution is 2.24. The van der Waals surface area contributed by atoms with E-state index in [1.54, 1.807) is 0 Å². The van der Waals surface area contributed by atoms with Gasteiger partial charge in [0.2, 0.25) is 0 Å². The fourth-order valence-corrected chi connectivity index (χ4v) is 2.78. The predicted octanol–water partition coefficient (Wildman–Crippen LogP) is 3.90. The summed E-state index contributed by atoms with van der Waals surface area (Å²) in [6.07, 6.45) is 2.87. The molecule has 0 amide bonds. The average Bonchev–Trinajstić information content (AvgIpc) is 2.43. The van der Waals surface area contributed by atoms with Crippen molar-refractivity contribution in [2.24, 2.45) is 0 Å². The van der Waals surface area contributed by atoms with Crippen LogP contribution in [0.5, 0.6) is 0 Å². The monoisotopic (exact) mass is 268 g/mol. The molecule has 2 aromatic rings. The molecule has 0 saturated carbocycles. The van der Waals surface area contributed by atoms with Crippen LogP contribution >= 0.6 is 0 Å². The Morgan fingerprint density at radius 2 is 1.75 bits per heavy atom. The van der Waals surface area contributed by atoms with Crippen LogP contribution < -0.4 is 5.32 Å². The highest BCUT2D eigenvalue weighted by atomic mass is 14.9. The summed E-state index contributed by atoms with van der Waals surface area (Å²) < 4.78 is 0. The van der Waals surface area contributed by atoms with E-state index in [0.717, 1.165) is 18.7 Å². The molecule has 1 unspecified atom stereocenters. The van der Waals surface area contributed by atoms with Gasteiger partial charge in [-0.1, -0.05) is 31.2 Å². The maximum absolute atomic E-state index is 4.43. The van der Waals surface area contributed by atoms with E-state index in [-0.39, 0.29) is 0 Å². The topological polar surface area (TPSA) is 24.9 Å². The van der Waals surface area contributed by atoms with Crippen LogP contribution in [0.15, 0.2) is 36.5 Å². The van der Waals surface area contributed by atoms with Gasteiger partial charge in [-0.3, -0.25) is 4.98 Å². The Hall–Kier alpha value is -1.67. The summed E-state index contributed by atoms with van der Waals surface area (Å²) in [5.74, 6) is 0. The lowest BCUT2D eigenvalue weighted by molar-refractivity contribution is 0.543. The second-order valence-corrected chi connectivity index (χ2v) is 5.36. The van der Waals surface area contributed by atoms with Crippen molar-refractivity contribution in [3.63, 3.8) is 0 Å². The summed E-state index contributed by atoms with van der Waals surface area (Å²) in [5.41, 5.74) is 6.60. The zero-order chi connectivity index (χ0) is 14.5. The molecule has 0 fully saturated rings. The Morgan fingerprint density at radius 3 is 2.35 bits per heavy atom. The second kappa shape index (κ2) is 6.67. The first kappa shape index (κ1) is 14.7. The Balaban J connectivity index is 2.33. The van der Waals surface area contributed by atoms with Gasteiger partial charge in [-0.05, 0) is 62.1 Å². The molecule has 1 aromatic carbocycles. The molecule has 2 heteroatoms. The maximum Gasteiger partial charge on any atom is 0.0420 e. The molecule has 0 spiro atoms. The fourth-order valence-electron chi connectivity index (χ4n) is 2.78. The van der Waals surface area contributed by atoms with E-state index in [9.17, 15) is 0 Å². The number of hydrogen-bond acceptors (Lipinski definition) is 2. The van der Waals surface area contributed by atoms with Gasteiger partial charge in [0.15, 0.2) is 0 Å². The summed E-state index contributed by atoms with van der Waals surface area (Å²) in [6.45, 7) is 9.60. The zero-order valence-corrected chi connectivity index (χ0v) is 12.9. The van der Waals surface area contributed by atoms with Gasteiger partial charge in [0.1, 0.15) is 0 Å². The Kier molecular flexibility index (Phi) is 4.91. The summed E-state index contributed by atoms with van der Waals surface area (Å²) in [4.78, 5) is 4.43. The number of hydrogen-bond donors (Lipinski definition) is 1. The number of nitrogens with one attached hydrogen (secondary N) is 1. The molecule has 0 aliphatic rings. The number of pyridine rings is 1. The van der Waals surface area contributed by atoms with Crippen molar-refractivity contribution >= 4 is 0 Å². The third kappa shape index (κ3) is 3.26. The number of aromatic nitrogens is 1. The van der Waals surface area contributed by atoms with Gasteiger partial charge in [0.05, 0.1) is 0 Å². The molecule has 0 aliphatic heterocycles. The van der Waals surface area contributed by atoms with Gasteiger partial charge in [0.25, 0.3) is 0 Å². The Labute approximate surface area is 122 Å². The zero-order valence-electron chi connectivity index (χ0n) is 12.9. The first-order valence-electron chi connectivity index (χ1n) is 7.33. The lowest BCUT2D eigenvalue weighted by atomic mass is 9.92. The average molecular weight is 268 g/mol. The van der Waals surface area contributed by atoms with E-state index in [1.165, 1.54) is 22.3 Å². The van der Waals surface area contributed by atoms with Gasteiger partial charge >= 0.3 is 0 Å². The van der Waals surface area contributed by atoms with Crippen molar-refractivity contribution in [1.82, 2.24) is 10.3 Å². The van der Waals surface area contributed by atoms with Crippen LogP contribution in [-0.4, -0.2) is 11.5 Å². The summed E-state index contributed by atoms with van der Waals surface area (Å²) in [6, 6.07) is 11.1. The minimum absolute atomic E-state index is 0.327. The molecule has 1 aromatic heterocycles. The molecular formula is C18H24N2. The number of likely N-dealkylation sites (N-methyl/N-ethyl adjacent to an activating group) is 1. The highest BCUT2D eigenvalue weighted by Gasteiger charge is 2.16. The Bertz CT molecular complexity index is 555. The molecule has 2 nitrogen and oxygen atoms in total. The SMILES string of the molecule is CCNC(Cc1c(C)cccc1C)c1cccnc1C. The molecule has 2 rings (SSSR count). The van der Waals surface area contributed by atoms with E-state index in [2.05, 4.69) is 62.3 Å². The number of nitrogens with zero attached hydrogens (tertiary/aromatic N) is 1. The van der Waals surface area contributed by atoms with E-state index >= 15 is 0 Å². The smallest absolute Gasteiger partial charge is 0.0420 e. The van der Waals surface area contributed by atoms with E-state index in [1.807, 2.05) is 12.3 Å². The van der Waals surface area contributed by atoms with Crippen molar-refractivity contribution < 1.29 is 0 Å². The predicted molar refractivity (Wildman–Crippen MR) is 85.0 cm³/mol. The van der Waals surface area contributed by atoms with Crippen molar-refractivity contribution in [3.05, 3.63) is 64.5 Å². The molecule has 0 aliphatic carbocycles. The van der Waals surface area contributed by atoms with Crippen LogP contribution in [0.25, 0.3) is 0 Å². The normalized spacial score (nSPS) is 12.4. The molecule has 1 N–H and O–H groups in total. The summed E-state index contributed by atoms with van der Waals surface area (Å²) >= 11 is 0. The van der Waals surface area contributed by atoms with Crippen LogP contribution in [0.2, 0.25) is 0 Å². The van der Waals surface area contributed by atoms with Gasteiger partial charge in [-0.25, -0.2) is 0 Å². The molecule has 0 bridgehead atoms. The fraction of sp³-hybridized carbons (Fsp3) is 0.389. The number of aryl methyl sites for hydroxylation is 3. The van der Waals surface area contributed by atoms with Crippen LogP contribution in [0.4, 0.5) is 0 Å². The highest BCUT2D eigenvalue weighted by molar-refractivity contribution is 5.36. The molecule has 0 saturated heterocycles. The van der Waals surface area contributed by atoms with Crippen LogP contribution in [0.3, 0.4) is 0 Å². The van der Waals surface area contributed by atoms with Crippen LogP contribution in [0.1, 0.15) is 40.9 Å². The second-order valence-electron chi connectivity index (χ2n) is 5.36. The standard InChI is InChI=1S/C18H24N2/c1-5-19-18(16-10-7-11-20-15(16)4)12-17-13(2)8-6-9-14(17)3/h6-11,18-19H,5,12H2,1-4H3. The van der Waals surface area contributed by atoms with Crippen molar-refractivity contribution in [2.75, 3.05) is 6.54 Å². The minimum atomic E-state index is 0.327. The van der Waals surface area contributed by atoms with Crippen LogP contribution in [0, 0.1) is 20.8 Å². The van der Waals surface area contributed by atoms with E-state index < -0.39 is 0 Å². The first-order valence-corrected chi connectivity index (χ1v) is 7.33. The Morgan fingerprint density at radius 1 is 1.05 bits per heavy atom. The number of rotatable bonds is 5. The van der Waals surface area contributed by atoms with Crippen molar-refractivity contribution in [2.45, 2.75) is 40.2 Å². The van der Waals surface area contributed by atoms with Gasteiger partial charge in [0, 0.05) is 17.9 Å². The summed E-state index contributed by atoms with van der Waals surface area (Å²) in [5, 5.41) is 3.60. The molecule has 0 radical (unpaired) electrons. The van der Waals surface area contributed by atoms with E-state index in [0.29, 0.717) is 6.04 Å². The minimum Gasteiger partial charge on any atom is -0.310 e. The lowest BCUT2D eigenvalue weighted by Gasteiger charge is -2.22. The van der Waals surface area contributed by atoms with Crippen molar-refractivity contribution in [3.8, 4) is 0 Å². The van der Waals surface area contributed by atoms with Gasteiger partial charge < -0.3 is 5.32 Å². The molecule has 1 atom stereocenters.